The monoisotopic (exact) mass is 393 g/mol. The van der Waals surface area contributed by atoms with Crippen LogP contribution in [0.4, 0.5) is 5.69 Å². The van der Waals surface area contributed by atoms with Crippen LogP contribution in [0.1, 0.15) is 27.0 Å². The van der Waals surface area contributed by atoms with Crippen LogP contribution < -0.4 is 5.32 Å². The molecule has 150 valence electrons. The maximum atomic E-state index is 12.6. The van der Waals surface area contributed by atoms with E-state index >= 15 is 0 Å². The van der Waals surface area contributed by atoms with Crippen molar-refractivity contribution in [1.82, 2.24) is 9.80 Å². The minimum atomic E-state index is -0.488. The number of fused-ring (bicyclic) bond motifs is 1. The summed E-state index contributed by atoms with van der Waals surface area (Å²) in [6.45, 7) is 3.29. The SMILES string of the molecule is Cc1cccc(NC(=O)CN(C)C(=O)CN2C(=O)Cc3ccccc3C2=O)c1C. The summed E-state index contributed by atoms with van der Waals surface area (Å²) in [7, 11) is 1.47. The van der Waals surface area contributed by atoms with Crippen LogP contribution in [0.5, 0.6) is 0 Å². The minimum Gasteiger partial charge on any atom is -0.335 e. The number of carbonyl (C=O) groups excluding carboxylic acids is 4. The highest BCUT2D eigenvalue weighted by atomic mass is 16.2. The minimum absolute atomic E-state index is 0.0754. The summed E-state index contributed by atoms with van der Waals surface area (Å²) < 4.78 is 0. The molecule has 0 saturated carbocycles. The summed E-state index contributed by atoms with van der Waals surface area (Å²) >= 11 is 0. The molecule has 1 aliphatic rings. The number of nitrogens with one attached hydrogen (secondary N) is 1. The van der Waals surface area contributed by atoms with Gasteiger partial charge in [0.05, 0.1) is 13.0 Å². The Morgan fingerprint density at radius 2 is 1.79 bits per heavy atom. The van der Waals surface area contributed by atoms with Gasteiger partial charge in [0.1, 0.15) is 6.54 Å². The molecule has 0 aromatic heterocycles. The van der Waals surface area contributed by atoms with Gasteiger partial charge in [-0.2, -0.15) is 0 Å². The average molecular weight is 393 g/mol. The van der Waals surface area contributed by atoms with Crippen molar-refractivity contribution in [2.75, 3.05) is 25.5 Å². The summed E-state index contributed by atoms with van der Waals surface area (Å²) in [6.07, 6.45) is 0.0754. The van der Waals surface area contributed by atoms with Crippen LogP contribution in [-0.4, -0.2) is 53.6 Å². The highest BCUT2D eigenvalue weighted by molar-refractivity contribution is 6.11. The summed E-state index contributed by atoms with van der Waals surface area (Å²) in [5.74, 6) is -1.74. The zero-order valence-electron chi connectivity index (χ0n) is 16.7. The number of rotatable bonds is 5. The summed E-state index contributed by atoms with van der Waals surface area (Å²) in [5.41, 5.74) is 3.78. The van der Waals surface area contributed by atoms with E-state index in [2.05, 4.69) is 5.32 Å². The molecule has 2 aromatic rings. The van der Waals surface area contributed by atoms with E-state index in [-0.39, 0.29) is 25.4 Å². The van der Waals surface area contributed by atoms with E-state index in [4.69, 9.17) is 0 Å². The maximum Gasteiger partial charge on any atom is 0.261 e. The van der Waals surface area contributed by atoms with Gasteiger partial charge in [-0.25, -0.2) is 0 Å². The topological polar surface area (TPSA) is 86.8 Å². The highest BCUT2D eigenvalue weighted by Gasteiger charge is 2.32. The van der Waals surface area contributed by atoms with E-state index < -0.39 is 17.7 Å². The van der Waals surface area contributed by atoms with Crippen LogP contribution in [0, 0.1) is 13.8 Å². The Kier molecular flexibility index (Phi) is 5.77. The van der Waals surface area contributed by atoms with Gasteiger partial charge in [-0.05, 0) is 42.7 Å². The van der Waals surface area contributed by atoms with Crippen LogP contribution in [0.2, 0.25) is 0 Å². The van der Waals surface area contributed by atoms with Gasteiger partial charge < -0.3 is 10.2 Å². The van der Waals surface area contributed by atoms with Gasteiger partial charge in [0, 0.05) is 18.3 Å². The molecule has 3 rings (SSSR count). The van der Waals surface area contributed by atoms with E-state index in [9.17, 15) is 19.2 Å². The molecule has 1 aliphatic heterocycles. The molecule has 0 radical (unpaired) electrons. The molecular weight excluding hydrogens is 370 g/mol. The van der Waals surface area contributed by atoms with E-state index in [1.54, 1.807) is 30.3 Å². The molecule has 1 heterocycles. The normalized spacial score (nSPS) is 13.1. The Bertz CT molecular complexity index is 999. The first-order valence-corrected chi connectivity index (χ1v) is 9.30. The third kappa shape index (κ3) is 4.34. The molecule has 0 fully saturated rings. The number of imide groups is 1. The van der Waals surface area contributed by atoms with E-state index in [1.165, 1.54) is 11.9 Å². The second-order valence-corrected chi connectivity index (χ2v) is 7.16. The fourth-order valence-electron chi connectivity index (χ4n) is 3.20. The third-order valence-corrected chi connectivity index (χ3v) is 5.11. The lowest BCUT2D eigenvalue weighted by atomic mass is 9.98. The first-order valence-electron chi connectivity index (χ1n) is 9.30. The number of likely N-dealkylation sites (N-methyl/N-ethyl adjacent to an activating group) is 1. The van der Waals surface area contributed by atoms with Gasteiger partial charge in [0.2, 0.25) is 17.7 Å². The molecule has 0 bridgehead atoms. The van der Waals surface area contributed by atoms with Crippen molar-refractivity contribution in [3.05, 3.63) is 64.7 Å². The molecule has 0 unspecified atom stereocenters. The Morgan fingerprint density at radius 3 is 2.55 bits per heavy atom. The van der Waals surface area contributed by atoms with Crippen molar-refractivity contribution in [1.29, 1.82) is 0 Å². The van der Waals surface area contributed by atoms with Gasteiger partial charge in [-0.1, -0.05) is 30.3 Å². The van der Waals surface area contributed by atoms with E-state index in [0.29, 0.717) is 16.8 Å². The van der Waals surface area contributed by atoms with Gasteiger partial charge in [0.25, 0.3) is 5.91 Å². The average Bonchev–Trinajstić information content (AvgIpc) is 2.68. The predicted octanol–water partition coefficient (Wildman–Crippen LogP) is 1.93. The highest BCUT2D eigenvalue weighted by Crippen LogP contribution is 2.20. The number of aryl methyl sites for hydroxylation is 1. The van der Waals surface area contributed by atoms with Crippen molar-refractivity contribution in [3.8, 4) is 0 Å². The number of nitrogens with zero attached hydrogens (tertiary/aromatic N) is 2. The van der Waals surface area contributed by atoms with Gasteiger partial charge in [-0.3, -0.25) is 24.1 Å². The predicted molar refractivity (Wildman–Crippen MR) is 108 cm³/mol. The van der Waals surface area contributed by atoms with Crippen LogP contribution >= 0.6 is 0 Å². The zero-order chi connectivity index (χ0) is 21.1. The van der Waals surface area contributed by atoms with Crippen molar-refractivity contribution in [2.45, 2.75) is 20.3 Å². The van der Waals surface area contributed by atoms with Crippen molar-refractivity contribution in [3.63, 3.8) is 0 Å². The summed E-state index contributed by atoms with van der Waals surface area (Å²) in [4.78, 5) is 51.9. The molecular formula is C22H23N3O4. The molecule has 0 spiro atoms. The zero-order valence-corrected chi connectivity index (χ0v) is 16.7. The van der Waals surface area contributed by atoms with Crippen LogP contribution in [0.15, 0.2) is 42.5 Å². The second-order valence-electron chi connectivity index (χ2n) is 7.16. The number of carbonyl (C=O) groups is 4. The van der Waals surface area contributed by atoms with Gasteiger partial charge >= 0.3 is 0 Å². The Hall–Kier alpha value is -3.48. The third-order valence-electron chi connectivity index (χ3n) is 5.11. The molecule has 0 aliphatic carbocycles. The Morgan fingerprint density at radius 1 is 1.07 bits per heavy atom. The summed E-state index contributed by atoms with van der Waals surface area (Å²) in [5, 5.41) is 2.79. The van der Waals surface area contributed by atoms with E-state index in [0.717, 1.165) is 16.0 Å². The number of anilines is 1. The Balaban J connectivity index is 1.62. The lowest BCUT2D eigenvalue weighted by Gasteiger charge is -2.28. The molecule has 0 atom stereocenters. The smallest absolute Gasteiger partial charge is 0.261 e. The van der Waals surface area contributed by atoms with Crippen molar-refractivity contribution in [2.24, 2.45) is 0 Å². The molecule has 7 heteroatoms. The molecule has 2 aromatic carbocycles. The van der Waals surface area contributed by atoms with Crippen LogP contribution in [0.3, 0.4) is 0 Å². The number of amides is 4. The maximum absolute atomic E-state index is 12.6. The fourth-order valence-corrected chi connectivity index (χ4v) is 3.20. The molecule has 7 nitrogen and oxygen atoms in total. The second kappa shape index (κ2) is 8.26. The molecule has 29 heavy (non-hydrogen) atoms. The van der Waals surface area contributed by atoms with Crippen molar-refractivity contribution >= 4 is 29.3 Å². The first kappa shape index (κ1) is 20.3. The lowest BCUT2D eigenvalue weighted by Crippen LogP contribution is -2.48. The van der Waals surface area contributed by atoms with Crippen molar-refractivity contribution < 1.29 is 19.2 Å². The standard InChI is InChI=1S/C22H23N3O4/c1-14-7-6-10-18(15(14)2)23-19(26)12-24(3)21(28)13-25-20(27)11-16-8-4-5-9-17(16)22(25)29/h4-10H,11-13H2,1-3H3,(H,23,26). The lowest BCUT2D eigenvalue weighted by molar-refractivity contribution is -0.138. The largest absolute Gasteiger partial charge is 0.335 e. The number of benzene rings is 2. The molecule has 1 N–H and O–H groups in total. The number of hydrogen-bond acceptors (Lipinski definition) is 4. The first-order chi connectivity index (χ1) is 13.8. The fraction of sp³-hybridized carbons (Fsp3) is 0.273. The molecule has 0 saturated heterocycles. The number of hydrogen-bond donors (Lipinski definition) is 1. The van der Waals surface area contributed by atoms with Crippen LogP contribution in [-0.2, 0) is 20.8 Å². The molecule has 4 amide bonds. The van der Waals surface area contributed by atoms with Crippen LogP contribution in [0.25, 0.3) is 0 Å². The van der Waals surface area contributed by atoms with E-state index in [1.807, 2.05) is 26.0 Å². The quantitative estimate of drug-likeness (QED) is 0.787. The Labute approximate surface area is 169 Å². The van der Waals surface area contributed by atoms with Gasteiger partial charge in [-0.15, -0.1) is 0 Å². The van der Waals surface area contributed by atoms with Gasteiger partial charge in [0.15, 0.2) is 0 Å². The summed E-state index contributed by atoms with van der Waals surface area (Å²) in [6, 6.07) is 12.4.